The molecule has 0 radical (unpaired) electrons. The lowest BCUT2D eigenvalue weighted by atomic mass is 10.4. The Bertz CT molecular complexity index is 392. The van der Waals surface area contributed by atoms with E-state index >= 15 is 0 Å². The third-order valence-corrected chi connectivity index (χ3v) is 1.66. The number of carbonyl (C=O) groups is 1. The predicted molar refractivity (Wildman–Crippen MR) is 46.4 cm³/mol. The Kier molecular flexibility index (Phi) is 2.31. The third kappa shape index (κ3) is 1.82. The molecule has 0 aliphatic rings. The number of furan rings is 1. The zero-order chi connectivity index (χ0) is 9.80. The number of hydrogen-bond acceptors (Lipinski definition) is 4. The van der Waals surface area contributed by atoms with Crippen LogP contribution >= 0.6 is 0 Å². The molecule has 0 saturated heterocycles. The van der Waals surface area contributed by atoms with Gasteiger partial charge in [-0.1, -0.05) is 5.16 Å². The van der Waals surface area contributed by atoms with Crippen molar-refractivity contribution in [3.8, 4) is 0 Å². The summed E-state index contributed by atoms with van der Waals surface area (Å²) in [7, 11) is 0. The molecule has 0 aliphatic carbocycles. The number of hydrogen-bond donors (Lipinski definition) is 1. The summed E-state index contributed by atoms with van der Waals surface area (Å²) in [5.41, 5.74) is 0. The zero-order valence-electron chi connectivity index (χ0n) is 7.27. The van der Waals surface area contributed by atoms with Crippen molar-refractivity contribution >= 4 is 5.91 Å². The number of aromatic nitrogens is 1. The molecule has 0 atom stereocenters. The second-order valence-electron chi connectivity index (χ2n) is 2.64. The monoisotopic (exact) mass is 192 g/mol. The summed E-state index contributed by atoms with van der Waals surface area (Å²) in [6, 6.07) is 4.93. The molecule has 1 N–H and O–H groups in total. The van der Waals surface area contributed by atoms with Gasteiger partial charge < -0.3 is 14.3 Å². The largest absolute Gasteiger partial charge is 0.459 e. The molecular weight excluding hydrogens is 184 g/mol. The lowest BCUT2D eigenvalue weighted by molar-refractivity contribution is 0.0919. The minimum absolute atomic E-state index is 0.272. The van der Waals surface area contributed by atoms with Gasteiger partial charge in [0.05, 0.1) is 19.0 Å². The van der Waals surface area contributed by atoms with Crippen LogP contribution in [-0.2, 0) is 6.54 Å². The fourth-order valence-corrected chi connectivity index (χ4v) is 0.996. The first-order chi connectivity index (χ1) is 6.86. The van der Waals surface area contributed by atoms with E-state index in [1.54, 1.807) is 18.2 Å². The molecule has 14 heavy (non-hydrogen) atoms. The summed E-state index contributed by atoms with van der Waals surface area (Å²) in [5, 5.41) is 6.13. The molecule has 2 aromatic rings. The molecule has 2 rings (SSSR count). The summed E-state index contributed by atoms with van der Waals surface area (Å²) in [5.74, 6) is 0.612. The molecule has 0 spiro atoms. The second-order valence-corrected chi connectivity index (χ2v) is 2.64. The van der Waals surface area contributed by atoms with Gasteiger partial charge in [0, 0.05) is 6.07 Å². The Morgan fingerprint density at radius 2 is 2.43 bits per heavy atom. The van der Waals surface area contributed by atoms with Gasteiger partial charge in [0.25, 0.3) is 5.91 Å². The molecule has 0 saturated carbocycles. The Morgan fingerprint density at radius 3 is 3.07 bits per heavy atom. The maximum atomic E-state index is 11.3. The maximum Gasteiger partial charge on any atom is 0.287 e. The Morgan fingerprint density at radius 1 is 1.50 bits per heavy atom. The summed E-state index contributed by atoms with van der Waals surface area (Å²) in [6.07, 6.45) is 2.97. The normalized spacial score (nSPS) is 10.0. The molecule has 2 heterocycles. The first kappa shape index (κ1) is 8.55. The number of nitrogens with zero attached hydrogens (tertiary/aromatic N) is 1. The van der Waals surface area contributed by atoms with Crippen molar-refractivity contribution in [3.63, 3.8) is 0 Å². The quantitative estimate of drug-likeness (QED) is 0.793. The van der Waals surface area contributed by atoms with Crippen LogP contribution in [0.25, 0.3) is 0 Å². The van der Waals surface area contributed by atoms with Crippen LogP contribution in [0.15, 0.2) is 39.6 Å². The van der Waals surface area contributed by atoms with Crippen LogP contribution in [0.2, 0.25) is 0 Å². The van der Waals surface area contributed by atoms with Gasteiger partial charge in [-0.15, -0.1) is 0 Å². The van der Waals surface area contributed by atoms with Gasteiger partial charge in [-0.05, 0) is 12.1 Å². The van der Waals surface area contributed by atoms with E-state index in [9.17, 15) is 4.79 Å². The van der Waals surface area contributed by atoms with E-state index in [-0.39, 0.29) is 11.7 Å². The van der Waals surface area contributed by atoms with Crippen molar-refractivity contribution in [1.82, 2.24) is 10.5 Å². The van der Waals surface area contributed by atoms with Crippen LogP contribution in [0.4, 0.5) is 0 Å². The summed E-state index contributed by atoms with van der Waals surface area (Å²) in [4.78, 5) is 11.3. The van der Waals surface area contributed by atoms with Crippen molar-refractivity contribution < 1.29 is 13.7 Å². The minimum Gasteiger partial charge on any atom is -0.459 e. The Balaban J connectivity index is 1.90. The highest BCUT2D eigenvalue weighted by Gasteiger charge is 2.08. The van der Waals surface area contributed by atoms with Crippen LogP contribution < -0.4 is 5.32 Å². The lowest BCUT2D eigenvalue weighted by Gasteiger charge is -1.98. The molecule has 0 fully saturated rings. The van der Waals surface area contributed by atoms with E-state index in [2.05, 4.69) is 10.5 Å². The molecule has 0 bridgehead atoms. The average molecular weight is 192 g/mol. The molecule has 0 aromatic carbocycles. The zero-order valence-corrected chi connectivity index (χ0v) is 7.27. The first-order valence-electron chi connectivity index (χ1n) is 4.07. The molecule has 5 nitrogen and oxygen atoms in total. The minimum atomic E-state index is -0.272. The van der Waals surface area contributed by atoms with Gasteiger partial charge in [0.2, 0.25) is 0 Å². The SMILES string of the molecule is O=C(NCc1ccno1)c1ccco1. The third-order valence-electron chi connectivity index (χ3n) is 1.66. The van der Waals surface area contributed by atoms with E-state index in [4.69, 9.17) is 8.94 Å². The Hall–Kier alpha value is -2.04. The smallest absolute Gasteiger partial charge is 0.287 e. The van der Waals surface area contributed by atoms with Crippen LogP contribution in [0, 0.1) is 0 Å². The van der Waals surface area contributed by atoms with Crippen molar-refractivity contribution in [1.29, 1.82) is 0 Å². The summed E-state index contributed by atoms with van der Waals surface area (Å²) < 4.78 is 9.71. The number of rotatable bonds is 3. The van der Waals surface area contributed by atoms with Gasteiger partial charge in [-0.25, -0.2) is 0 Å². The number of nitrogens with one attached hydrogen (secondary N) is 1. The van der Waals surface area contributed by atoms with E-state index < -0.39 is 0 Å². The van der Waals surface area contributed by atoms with Crippen molar-refractivity contribution in [3.05, 3.63) is 42.2 Å². The molecule has 72 valence electrons. The van der Waals surface area contributed by atoms with Crippen LogP contribution in [0.3, 0.4) is 0 Å². The number of amides is 1. The fourth-order valence-electron chi connectivity index (χ4n) is 0.996. The van der Waals surface area contributed by atoms with Crippen molar-refractivity contribution in [2.24, 2.45) is 0 Å². The van der Waals surface area contributed by atoms with Crippen LogP contribution in [0.1, 0.15) is 16.3 Å². The molecule has 0 aliphatic heterocycles. The first-order valence-corrected chi connectivity index (χ1v) is 4.07. The molecule has 5 heteroatoms. The highest BCUT2D eigenvalue weighted by atomic mass is 16.5. The van der Waals surface area contributed by atoms with E-state index in [0.29, 0.717) is 12.3 Å². The fraction of sp³-hybridized carbons (Fsp3) is 0.111. The van der Waals surface area contributed by atoms with E-state index in [1.165, 1.54) is 12.5 Å². The van der Waals surface area contributed by atoms with Crippen molar-refractivity contribution in [2.75, 3.05) is 0 Å². The second kappa shape index (κ2) is 3.78. The molecule has 2 aromatic heterocycles. The van der Waals surface area contributed by atoms with Crippen LogP contribution in [-0.4, -0.2) is 11.1 Å². The molecular formula is C9H8N2O3. The molecule has 0 unspecified atom stereocenters. The summed E-state index contributed by atoms with van der Waals surface area (Å²) >= 11 is 0. The van der Waals surface area contributed by atoms with Gasteiger partial charge in [0.15, 0.2) is 11.5 Å². The Labute approximate surface area is 79.7 Å². The van der Waals surface area contributed by atoms with E-state index in [0.717, 1.165) is 0 Å². The highest BCUT2D eigenvalue weighted by Crippen LogP contribution is 2.01. The molecule has 1 amide bonds. The van der Waals surface area contributed by atoms with Gasteiger partial charge in [-0.3, -0.25) is 4.79 Å². The van der Waals surface area contributed by atoms with Crippen molar-refractivity contribution in [2.45, 2.75) is 6.54 Å². The standard InChI is InChI=1S/C9H8N2O3/c12-9(8-2-1-5-13-8)10-6-7-3-4-11-14-7/h1-5H,6H2,(H,10,12). The van der Waals surface area contributed by atoms with Crippen LogP contribution in [0.5, 0.6) is 0 Å². The van der Waals surface area contributed by atoms with Gasteiger partial charge in [0.1, 0.15) is 0 Å². The lowest BCUT2D eigenvalue weighted by Crippen LogP contribution is -2.21. The van der Waals surface area contributed by atoms with Gasteiger partial charge >= 0.3 is 0 Å². The van der Waals surface area contributed by atoms with E-state index in [1.807, 2.05) is 0 Å². The average Bonchev–Trinajstić information content (AvgIpc) is 2.87. The number of carbonyl (C=O) groups excluding carboxylic acids is 1. The predicted octanol–water partition coefficient (Wildman–Crippen LogP) is 1.20. The topological polar surface area (TPSA) is 68.3 Å². The summed E-state index contributed by atoms with van der Waals surface area (Å²) in [6.45, 7) is 0.305. The van der Waals surface area contributed by atoms with Gasteiger partial charge in [-0.2, -0.15) is 0 Å². The highest BCUT2D eigenvalue weighted by molar-refractivity contribution is 5.91. The maximum absolute atomic E-state index is 11.3.